The maximum absolute atomic E-state index is 11.9. The minimum Gasteiger partial charge on any atom is -0.322 e. The summed E-state index contributed by atoms with van der Waals surface area (Å²) in [4.78, 5) is 19.6. The third-order valence-electron chi connectivity index (χ3n) is 2.75. The summed E-state index contributed by atoms with van der Waals surface area (Å²) in [6.07, 6.45) is 4.37. The molecule has 2 N–H and O–H groups in total. The lowest BCUT2D eigenvalue weighted by Gasteiger charge is -2.09. The van der Waals surface area contributed by atoms with E-state index in [4.69, 9.17) is 0 Å². The van der Waals surface area contributed by atoms with Crippen LogP contribution in [0.15, 0.2) is 43.0 Å². The third kappa shape index (κ3) is 4.13. The molecule has 104 valence electrons. The van der Waals surface area contributed by atoms with Crippen molar-refractivity contribution in [2.24, 2.45) is 0 Å². The smallest absolute Gasteiger partial charge is 0.258 e. The Hall–Kier alpha value is -2.27. The average molecular weight is 270 g/mol. The molecule has 0 spiro atoms. The first-order valence-corrected chi connectivity index (χ1v) is 6.54. The van der Waals surface area contributed by atoms with Gasteiger partial charge in [0.05, 0.1) is 5.56 Å². The highest BCUT2D eigenvalue weighted by atomic mass is 16.1. The number of amides is 1. The van der Waals surface area contributed by atoms with E-state index >= 15 is 0 Å². The standard InChI is InChI=1S/C15H18N4O/c1-11(2)18-7-12-3-5-14(6-4-12)19-15(20)13-8-16-10-17-9-13/h3-6,8-11,18H,7H2,1-2H3,(H,19,20). The van der Waals surface area contributed by atoms with Gasteiger partial charge in [0.25, 0.3) is 5.91 Å². The van der Waals surface area contributed by atoms with E-state index in [1.54, 1.807) is 0 Å². The number of hydrogen-bond acceptors (Lipinski definition) is 4. The molecule has 0 atom stereocenters. The molecule has 5 nitrogen and oxygen atoms in total. The van der Waals surface area contributed by atoms with Gasteiger partial charge in [-0.25, -0.2) is 9.97 Å². The van der Waals surface area contributed by atoms with Crippen molar-refractivity contribution in [2.45, 2.75) is 26.4 Å². The molecule has 0 saturated heterocycles. The third-order valence-corrected chi connectivity index (χ3v) is 2.75. The van der Waals surface area contributed by atoms with Gasteiger partial charge in [0.2, 0.25) is 0 Å². The Bertz CT molecular complexity index is 552. The van der Waals surface area contributed by atoms with E-state index < -0.39 is 0 Å². The molecule has 0 radical (unpaired) electrons. The minimum atomic E-state index is -0.210. The molecule has 1 aromatic carbocycles. The van der Waals surface area contributed by atoms with E-state index in [9.17, 15) is 4.79 Å². The van der Waals surface area contributed by atoms with E-state index in [2.05, 4.69) is 34.4 Å². The number of aromatic nitrogens is 2. The fraction of sp³-hybridized carbons (Fsp3) is 0.267. The highest BCUT2D eigenvalue weighted by Gasteiger charge is 2.06. The minimum absolute atomic E-state index is 0.210. The Morgan fingerprint density at radius 3 is 2.40 bits per heavy atom. The summed E-state index contributed by atoms with van der Waals surface area (Å²) >= 11 is 0. The zero-order valence-corrected chi connectivity index (χ0v) is 11.6. The highest BCUT2D eigenvalue weighted by molar-refractivity contribution is 6.03. The van der Waals surface area contributed by atoms with Crippen molar-refractivity contribution in [3.8, 4) is 0 Å². The van der Waals surface area contributed by atoms with Crippen LogP contribution in [0.25, 0.3) is 0 Å². The van der Waals surface area contributed by atoms with Gasteiger partial charge in [-0.1, -0.05) is 26.0 Å². The molecule has 1 amide bonds. The van der Waals surface area contributed by atoms with Crippen LogP contribution in [0.3, 0.4) is 0 Å². The first-order valence-electron chi connectivity index (χ1n) is 6.54. The Morgan fingerprint density at radius 2 is 1.80 bits per heavy atom. The monoisotopic (exact) mass is 270 g/mol. The number of nitrogens with one attached hydrogen (secondary N) is 2. The fourth-order valence-electron chi connectivity index (χ4n) is 1.65. The maximum Gasteiger partial charge on any atom is 0.258 e. The molecule has 20 heavy (non-hydrogen) atoms. The molecular weight excluding hydrogens is 252 g/mol. The van der Waals surface area contributed by atoms with Crippen LogP contribution in [-0.4, -0.2) is 21.9 Å². The zero-order valence-electron chi connectivity index (χ0n) is 11.6. The van der Waals surface area contributed by atoms with Crippen molar-refractivity contribution in [2.75, 3.05) is 5.32 Å². The van der Waals surface area contributed by atoms with Crippen molar-refractivity contribution in [3.63, 3.8) is 0 Å². The summed E-state index contributed by atoms with van der Waals surface area (Å²) in [6, 6.07) is 8.21. The number of nitrogens with zero attached hydrogens (tertiary/aromatic N) is 2. The molecule has 5 heteroatoms. The average Bonchev–Trinajstić information content (AvgIpc) is 2.47. The van der Waals surface area contributed by atoms with Crippen LogP contribution in [0.1, 0.15) is 29.8 Å². The number of rotatable bonds is 5. The van der Waals surface area contributed by atoms with Crippen molar-refractivity contribution >= 4 is 11.6 Å². The lowest BCUT2D eigenvalue weighted by Crippen LogP contribution is -2.21. The maximum atomic E-state index is 11.9. The van der Waals surface area contributed by atoms with Crippen LogP contribution >= 0.6 is 0 Å². The van der Waals surface area contributed by atoms with Gasteiger partial charge in [-0.2, -0.15) is 0 Å². The molecule has 1 aromatic heterocycles. The van der Waals surface area contributed by atoms with E-state index in [-0.39, 0.29) is 5.91 Å². The number of hydrogen-bond donors (Lipinski definition) is 2. The van der Waals surface area contributed by atoms with Gasteiger partial charge in [-0.05, 0) is 17.7 Å². The summed E-state index contributed by atoms with van der Waals surface area (Å²) in [5, 5.41) is 6.15. The van der Waals surface area contributed by atoms with Crippen LogP contribution < -0.4 is 10.6 Å². The van der Waals surface area contributed by atoms with Gasteiger partial charge < -0.3 is 10.6 Å². The predicted molar refractivity (Wildman–Crippen MR) is 78.4 cm³/mol. The summed E-state index contributed by atoms with van der Waals surface area (Å²) in [5.41, 5.74) is 2.38. The molecule has 0 aliphatic carbocycles. The normalized spacial score (nSPS) is 10.6. The summed E-state index contributed by atoms with van der Waals surface area (Å²) in [7, 11) is 0. The lowest BCUT2D eigenvalue weighted by molar-refractivity contribution is 0.102. The van der Waals surface area contributed by atoms with Crippen LogP contribution in [0.5, 0.6) is 0 Å². The molecule has 2 aromatic rings. The lowest BCUT2D eigenvalue weighted by atomic mass is 10.2. The van der Waals surface area contributed by atoms with Gasteiger partial charge in [0.1, 0.15) is 6.33 Å². The molecule has 0 aliphatic rings. The second-order valence-electron chi connectivity index (χ2n) is 4.81. The van der Waals surface area contributed by atoms with E-state index in [0.29, 0.717) is 11.6 Å². The SMILES string of the molecule is CC(C)NCc1ccc(NC(=O)c2cncnc2)cc1. The van der Waals surface area contributed by atoms with Crippen molar-refractivity contribution in [1.82, 2.24) is 15.3 Å². The summed E-state index contributed by atoms with van der Waals surface area (Å²) in [6.45, 7) is 5.03. The van der Waals surface area contributed by atoms with E-state index in [0.717, 1.165) is 12.2 Å². The van der Waals surface area contributed by atoms with Gasteiger partial charge in [-0.15, -0.1) is 0 Å². The second kappa shape index (κ2) is 6.77. The van der Waals surface area contributed by atoms with Crippen LogP contribution in [0.4, 0.5) is 5.69 Å². The van der Waals surface area contributed by atoms with Gasteiger partial charge in [0.15, 0.2) is 0 Å². The Morgan fingerprint density at radius 1 is 1.15 bits per heavy atom. The molecule has 0 fully saturated rings. The first kappa shape index (κ1) is 14.1. The topological polar surface area (TPSA) is 66.9 Å². The predicted octanol–water partition coefficient (Wildman–Crippen LogP) is 2.23. The summed E-state index contributed by atoms with van der Waals surface area (Å²) in [5.74, 6) is -0.210. The Kier molecular flexibility index (Phi) is 4.79. The summed E-state index contributed by atoms with van der Waals surface area (Å²) < 4.78 is 0. The molecule has 1 heterocycles. The second-order valence-corrected chi connectivity index (χ2v) is 4.81. The van der Waals surface area contributed by atoms with Crippen LogP contribution in [0, 0.1) is 0 Å². The van der Waals surface area contributed by atoms with Crippen molar-refractivity contribution < 1.29 is 4.79 Å². The van der Waals surface area contributed by atoms with Crippen LogP contribution in [0.2, 0.25) is 0 Å². The molecule has 2 rings (SSSR count). The van der Waals surface area contributed by atoms with E-state index in [1.807, 2.05) is 24.3 Å². The van der Waals surface area contributed by atoms with Crippen molar-refractivity contribution in [1.29, 1.82) is 0 Å². The molecule has 0 bridgehead atoms. The Balaban J connectivity index is 1.95. The number of anilines is 1. The molecule has 0 unspecified atom stereocenters. The van der Waals surface area contributed by atoms with Gasteiger partial charge in [0, 0.05) is 30.7 Å². The first-order chi connectivity index (χ1) is 9.65. The van der Waals surface area contributed by atoms with Crippen LogP contribution in [-0.2, 0) is 6.54 Å². The molecular formula is C15H18N4O. The highest BCUT2D eigenvalue weighted by Crippen LogP contribution is 2.11. The fourth-order valence-corrected chi connectivity index (χ4v) is 1.65. The molecule has 0 saturated carbocycles. The van der Waals surface area contributed by atoms with E-state index in [1.165, 1.54) is 24.3 Å². The quantitative estimate of drug-likeness (QED) is 0.874. The zero-order chi connectivity index (χ0) is 14.4. The Labute approximate surface area is 118 Å². The molecule has 0 aliphatic heterocycles. The number of benzene rings is 1. The largest absolute Gasteiger partial charge is 0.322 e. The van der Waals surface area contributed by atoms with Gasteiger partial charge in [-0.3, -0.25) is 4.79 Å². The van der Waals surface area contributed by atoms with Crippen molar-refractivity contribution in [3.05, 3.63) is 54.1 Å². The number of carbonyl (C=O) groups excluding carboxylic acids is 1. The number of carbonyl (C=O) groups is 1. The van der Waals surface area contributed by atoms with Gasteiger partial charge >= 0.3 is 0 Å².